The SMILES string of the molecule is CCCCCCCc1ccc(-c2ncc(CC[C@H]3CC[C@H](CCCCC)CC3)cn2)cc1. The maximum absolute atomic E-state index is 4.68. The lowest BCUT2D eigenvalue weighted by Crippen LogP contribution is -2.15. The van der Waals surface area contributed by atoms with Crippen molar-refractivity contribution in [1.82, 2.24) is 9.97 Å². The Morgan fingerprint density at radius 2 is 1.22 bits per heavy atom. The minimum Gasteiger partial charge on any atom is -0.236 e. The summed E-state index contributed by atoms with van der Waals surface area (Å²) in [6, 6.07) is 8.89. The Balaban J connectivity index is 1.38. The maximum Gasteiger partial charge on any atom is 0.159 e. The average molecular weight is 435 g/mol. The third-order valence-corrected chi connectivity index (χ3v) is 7.51. The highest BCUT2D eigenvalue weighted by Crippen LogP contribution is 2.34. The monoisotopic (exact) mass is 434 g/mol. The molecule has 2 heteroatoms. The molecule has 1 fully saturated rings. The molecule has 32 heavy (non-hydrogen) atoms. The van der Waals surface area contributed by atoms with Gasteiger partial charge in [-0.05, 0) is 48.6 Å². The number of benzene rings is 1. The normalized spacial score (nSPS) is 18.7. The van der Waals surface area contributed by atoms with E-state index in [-0.39, 0.29) is 0 Å². The zero-order valence-corrected chi connectivity index (χ0v) is 20.8. The summed E-state index contributed by atoms with van der Waals surface area (Å²) in [4.78, 5) is 9.36. The van der Waals surface area contributed by atoms with Crippen molar-refractivity contribution in [2.24, 2.45) is 11.8 Å². The van der Waals surface area contributed by atoms with Crippen LogP contribution in [-0.2, 0) is 12.8 Å². The summed E-state index contributed by atoms with van der Waals surface area (Å²) in [5, 5.41) is 0. The highest BCUT2D eigenvalue weighted by Gasteiger charge is 2.20. The molecule has 3 rings (SSSR count). The molecule has 0 radical (unpaired) electrons. The molecule has 0 unspecified atom stereocenters. The largest absolute Gasteiger partial charge is 0.236 e. The minimum absolute atomic E-state index is 0.857. The minimum atomic E-state index is 0.857. The second-order valence-electron chi connectivity index (χ2n) is 10.2. The van der Waals surface area contributed by atoms with Gasteiger partial charge in [-0.2, -0.15) is 0 Å². The number of rotatable bonds is 14. The van der Waals surface area contributed by atoms with Gasteiger partial charge in [0.1, 0.15) is 0 Å². The molecular formula is C30H46N2. The van der Waals surface area contributed by atoms with E-state index in [1.54, 1.807) is 0 Å². The van der Waals surface area contributed by atoms with Gasteiger partial charge in [0.05, 0.1) is 0 Å². The maximum atomic E-state index is 4.68. The van der Waals surface area contributed by atoms with E-state index in [0.717, 1.165) is 29.6 Å². The van der Waals surface area contributed by atoms with Crippen molar-refractivity contribution in [3.8, 4) is 11.4 Å². The van der Waals surface area contributed by atoms with E-state index in [1.165, 1.54) is 107 Å². The highest BCUT2D eigenvalue weighted by atomic mass is 14.9. The lowest BCUT2D eigenvalue weighted by Gasteiger charge is -2.28. The number of hydrogen-bond donors (Lipinski definition) is 0. The second kappa shape index (κ2) is 14.4. The molecule has 0 atom stereocenters. The molecule has 0 N–H and O–H groups in total. The summed E-state index contributed by atoms with van der Waals surface area (Å²) < 4.78 is 0. The first-order valence-corrected chi connectivity index (χ1v) is 13.7. The van der Waals surface area contributed by atoms with E-state index in [2.05, 4.69) is 60.5 Å². The smallest absolute Gasteiger partial charge is 0.159 e. The van der Waals surface area contributed by atoms with Crippen molar-refractivity contribution in [1.29, 1.82) is 0 Å². The molecule has 1 saturated carbocycles. The molecule has 176 valence electrons. The summed E-state index contributed by atoms with van der Waals surface area (Å²) in [5.74, 6) is 2.77. The van der Waals surface area contributed by atoms with Crippen LogP contribution in [0.25, 0.3) is 11.4 Å². The average Bonchev–Trinajstić information content (AvgIpc) is 2.84. The molecule has 1 aromatic carbocycles. The Morgan fingerprint density at radius 1 is 0.625 bits per heavy atom. The van der Waals surface area contributed by atoms with Gasteiger partial charge in [-0.3, -0.25) is 0 Å². The van der Waals surface area contributed by atoms with Gasteiger partial charge in [0.25, 0.3) is 0 Å². The third-order valence-electron chi connectivity index (χ3n) is 7.51. The van der Waals surface area contributed by atoms with E-state index in [9.17, 15) is 0 Å². The van der Waals surface area contributed by atoms with Gasteiger partial charge in [0, 0.05) is 18.0 Å². The van der Waals surface area contributed by atoms with Crippen LogP contribution in [0.15, 0.2) is 36.7 Å². The van der Waals surface area contributed by atoms with Crippen molar-refractivity contribution in [2.45, 2.75) is 117 Å². The van der Waals surface area contributed by atoms with Gasteiger partial charge in [-0.25, -0.2) is 9.97 Å². The molecular weight excluding hydrogens is 388 g/mol. The van der Waals surface area contributed by atoms with Crippen LogP contribution in [0.3, 0.4) is 0 Å². The Bertz CT molecular complexity index is 726. The predicted octanol–water partition coefficient (Wildman–Crippen LogP) is 8.98. The molecule has 2 nitrogen and oxygen atoms in total. The fourth-order valence-electron chi connectivity index (χ4n) is 5.25. The van der Waals surface area contributed by atoms with Gasteiger partial charge in [0.2, 0.25) is 0 Å². The lowest BCUT2D eigenvalue weighted by molar-refractivity contribution is 0.249. The number of aryl methyl sites for hydroxylation is 2. The Hall–Kier alpha value is -1.70. The Labute approximate surface area is 197 Å². The second-order valence-corrected chi connectivity index (χ2v) is 10.2. The van der Waals surface area contributed by atoms with E-state index >= 15 is 0 Å². The molecule has 0 spiro atoms. The van der Waals surface area contributed by atoms with Crippen LogP contribution >= 0.6 is 0 Å². The number of nitrogens with zero attached hydrogens (tertiary/aromatic N) is 2. The van der Waals surface area contributed by atoms with Crippen LogP contribution in [-0.4, -0.2) is 9.97 Å². The van der Waals surface area contributed by atoms with Gasteiger partial charge >= 0.3 is 0 Å². The van der Waals surface area contributed by atoms with Gasteiger partial charge in [-0.15, -0.1) is 0 Å². The Kier molecular flexibility index (Phi) is 11.3. The standard InChI is InChI=1S/C30H46N2/c1-3-5-7-8-10-12-26-19-21-29(22-20-26)30-31-23-28(24-32-30)18-17-27-15-13-25(14-16-27)11-9-6-4-2/h19-25,27H,3-18H2,1-2H3/t25-,27-. The number of hydrogen-bond acceptors (Lipinski definition) is 2. The molecule has 0 amide bonds. The summed E-state index contributed by atoms with van der Waals surface area (Å²) in [6.07, 6.45) is 25.9. The van der Waals surface area contributed by atoms with E-state index in [1.807, 2.05) is 0 Å². The van der Waals surface area contributed by atoms with E-state index < -0.39 is 0 Å². The van der Waals surface area contributed by atoms with Crippen LogP contribution in [0.5, 0.6) is 0 Å². The van der Waals surface area contributed by atoms with Crippen molar-refractivity contribution in [3.05, 3.63) is 47.8 Å². The van der Waals surface area contributed by atoms with Crippen LogP contribution in [0, 0.1) is 11.8 Å². The van der Waals surface area contributed by atoms with Crippen LogP contribution in [0.1, 0.15) is 115 Å². The van der Waals surface area contributed by atoms with E-state index in [0.29, 0.717) is 0 Å². The van der Waals surface area contributed by atoms with E-state index in [4.69, 9.17) is 0 Å². The molecule has 1 aromatic heterocycles. The van der Waals surface area contributed by atoms with Gasteiger partial charge in [0.15, 0.2) is 5.82 Å². The highest BCUT2D eigenvalue weighted by molar-refractivity contribution is 5.55. The van der Waals surface area contributed by atoms with Crippen molar-refractivity contribution in [2.75, 3.05) is 0 Å². The predicted molar refractivity (Wildman–Crippen MR) is 138 cm³/mol. The van der Waals surface area contributed by atoms with Crippen LogP contribution in [0.4, 0.5) is 0 Å². The van der Waals surface area contributed by atoms with Gasteiger partial charge < -0.3 is 0 Å². The van der Waals surface area contributed by atoms with Gasteiger partial charge in [-0.1, -0.05) is 115 Å². The molecule has 0 aliphatic heterocycles. The van der Waals surface area contributed by atoms with Crippen molar-refractivity contribution >= 4 is 0 Å². The fourth-order valence-corrected chi connectivity index (χ4v) is 5.25. The number of unbranched alkanes of at least 4 members (excludes halogenated alkanes) is 6. The first kappa shape index (κ1) is 24.9. The summed E-state index contributed by atoms with van der Waals surface area (Å²) in [6.45, 7) is 4.58. The quantitative estimate of drug-likeness (QED) is 0.277. The zero-order chi connectivity index (χ0) is 22.4. The number of aromatic nitrogens is 2. The molecule has 0 saturated heterocycles. The summed E-state index contributed by atoms with van der Waals surface area (Å²) >= 11 is 0. The molecule has 1 heterocycles. The first-order valence-electron chi connectivity index (χ1n) is 13.7. The molecule has 1 aliphatic carbocycles. The van der Waals surface area contributed by atoms with Crippen molar-refractivity contribution < 1.29 is 0 Å². The van der Waals surface area contributed by atoms with Crippen LogP contribution in [0.2, 0.25) is 0 Å². The topological polar surface area (TPSA) is 25.8 Å². The third kappa shape index (κ3) is 8.68. The molecule has 1 aliphatic rings. The first-order chi connectivity index (χ1) is 15.8. The zero-order valence-electron chi connectivity index (χ0n) is 20.8. The van der Waals surface area contributed by atoms with Crippen LogP contribution < -0.4 is 0 Å². The Morgan fingerprint density at radius 3 is 1.88 bits per heavy atom. The summed E-state index contributed by atoms with van der Waals surface area (Å²) in [5.41, 5.74) is 3.86. The summed E-state index contributed by atoms with van der Waals surface area (Å²) in [7, 11) is 0. The molecule has 0 bridgehead atoms. The lowest BCUT2D eigenvalue weighted by atomic mass is 9.78. The fraction of sp³-hybridized carbons (Fsp3) is 0.667. The molecule has 2 aromatic rings. The van der Waals surface area contributed by atoms with Crippen molar-refractivity contribution in [3.63, 3.8) is 0 Å².